The van der Waals surface area contributed by atoms with Crippen LogP contribution in [0.1, 0.15) is 40.3 Å². The van der Waals surface area contributed by atoms with Crippen molar-refractivity contribution in [3.8, 4) is 0 Å². The zero-order valence-corrected chi connectivity index (χ0v) is 25.3. The Morgan fingerprint density at radius 2 is 1.67 bits per heavy atom. The molecule has 1 aliphatic heterocycles. The van der Waals surface area contributed by atoms with E-state index >= 15 is 0 Å². The number of aromatic nitrogens is 2. The van der Waals surface area contributed by atoms with Gasteiger partial charge in [0.15, 0.2) is 4.80 Å². The van der Waals surface area contributed by atoms with Gasteiger partial charge in [0.1, 0.15) is 0 Å². The minimum Gasteiger partial charge on any atom is -0.342 e. The van der Waals surface area contributed by atoms with Crippen LogP contribution in [-0.2, 0) is 13.0 Å². The monoisotopic (exact) mass is 617 g/mol. The first-order valence-corrected chi connectivity index (χ1v) is 15.8. The Kier molecular flexibility index (Phi) is 6.48. The third-order valence-corrected chi connectivity index (χ3v) is 10.2. The maximum Gasteiger partial charge on any atom is 0.271 e. The second-order valence-electron chi connectivity index (χ2n) is 11.0. The first kappa shape index (κ1) is 26.5. The van der Waals surface area contributed by atoms with Gasteiger partial charge in [-0.05, 0) is 59.4 Å². The van der Waals surface area contributed by atoms with E-state index in [1.807, 2.05) is 59.2 Å². The maximum atomic E-state index is 14.3. The standard InChI is InChI=1S/C36H25Cl2N3OS/c37-29-17-14-22(18-30(29)38)20-40-21-25(26-11-6-7-13-31(26)40)19-32-35(42)41-34(24-9-2-1-3-10-24)28-16-15-23-8-4-5-12-27(23)33(28)39-36(41)43-32/h1-14,17-19,21,34H,15-16,20H2/b32-19-/t34-/m1/s1. The normalized spacial score (nSPS) is 16.1. The minimum atomic E-state index is -0.182. The lowest BCUT2D eigenvalue weighted by Gasteiger charge is -2.30. The average molecular weight is 619 g/mol. The molecular formula is C36H25Cl2N3OS. The van der Waals surface area contributed by atoms with Gasteiger partial charge >= 0.3 is 0 Å². The van der Waals surface area contributed by atoms with Crippen LogP contribution in [0.5, 0.6) is 0 Å². The van der Waals surface area contributed by atoms with Crippen LogP contribution in [0.4, 0.5) is 0 Å². The highest BCUT2D eigenvalue weighted by molar-refractivity contribution is 7.07. The van der Waals surface area contributed by atoms with Gasteiger partial charge in [0.2, 0.25) is 0 Å². The number of nitrogens with zero attached hydrogens (tertiary/aromatic N) is 3. The first-order valence-electron chi connectivity index (χ1n) is 14.2. The summed E-state index contributed by atoms with van der Waals surface area (Å²) in [5.74, 6) is 0. The fraction of sp³-hybridized carbons (Fsp3) is 0.111. The van der Waals surface area contributed by atoms with Crippen molar-refractivity contribution in [3.63, 3.8) is 0 Å². The SMILES string of the molecule is O=c1/c(=C/c2cn(Cc3ccc(Cl)c(Cl)c3)c3ccccc23)sc2n1[C@H](c1ccccc1)C1=C(N=2)c2ccccc2CC1. The summed E-state index contributed by atoms with van der Waals surface area (Å²) in [6, 6.07) is 32.7. The van der Waals surface area contributed by atoms with Gasteiger partial charge in [-0.1, -0.05) is 113 Å². The molecule has 0 saturated heterocycles. The summed E-state index contributed by atoms with van der Waals surface area (Å²) in [5.41, 5.74) is 8.93. The summed E-state index contributed by atoms with van der Waals surface area (Å²) in [7, 11) is 0. The number of hydrogen-bond acceptors (Lipinski definition) is 3. The fourth-order valence-electron chi connectivity index (χ4n) is 6.45. The van der Waals surface area contributed by atoms with Gasteiger partial charge in [-0.3, -0.25) is 9.36 Å². The van der Waals surface area contributed by atoms with Crippen LogP contribution in [0, 0.1) is 0 Å². The zero-order chi connectivity index (χ0) is 29.1. The molecule has 8 rings (SSSR count). The lowest BCUT2D eigenvalue weighted by Crippen LogP contribution is -2.38. The number of halogens is 2. The van der Waals surface area contributed by atoms with Crippen LogP contribution < -0.4 is 14.9 Å². The van der Waals surface area contributed by atoms with Crippen molar-refractivity contribution in [1.29, 1.82) is 0 Å². The number of hydrogen-bond donors (Lipinski definition) is 0. The molecule has 6 aromatic rings. The van der Waals surface area contributed by atoms with Crippen LogP contribution in [0.2, 0.25) is 10.0 Å². The van der Waals surface area contributed by atoms with Crippen molar-refractivity contribution in [3.05, 3.63) is 166 Å². The summed E-state index contributed by atoms with van der Waals surface area (Å²) < 4.78 is 4.78. The summed E-state index contributed by atoms with van der Waals surface area (Å²) in [6.07, 6.45) is 5.95. The molecule has 0 amide bonds. The number of para-hydroxylation sites is 1. The van der Waals surface area contributed by atoms with E-state index in [0.29, 0.717) is 21.1 Å². The minimum absolute atomic E-state index is 0.00988. The first-order chi connectivity index (χ1) is 21.0. The molecule has 0 bridgehead atoms. The van der Waals surface area contributed by atoms with E-state index in [0.717, 1.165) is 50.9 Å². The smallest absolute Gasteiger partial charge is 0.271 e. The summed E-state index contributed by atoms with van der Waals surface area (Å²) >= 11 is 13.9. The number of thiazole rings is 1. The molecule has 210 valence electrons. The van der Waals surface area contributed by atoms with Crippen LogP contribution in [0.25, 0.3) is 22.7 Å². The molecule has 2 aromatic heterocycles. The van der Waals surface area contributed by atoms with Crippen LogP contribution in [-0.4, -0.2) is 9.13 Å². The Morgan fingerprint density at radius 3 is 2.53 bits per heavy atom. The molecule has 1 atom stereocenters. The topological polar surface area (TPSA) is 39.3 Å². The molecule has 4 aromatic carbocycles. The van der Waals surface area contributed by atoms with Crippen molar-refractivity contribution in [2.75, 3.05) is 0 Å². The highest BCUT2D eigenvalue weighted by Crippen LogP contribution is 2.41. The number of aryl methyl sites for hydroxylation is 1. The van der Waals surface area contributed by atoms with Gasteiger partial charge in [-0.25, -0.2) is 4.99 Å². The van der Waals surface area contributed by atoms with Gasteiger partial charge in [-0.15, -0.1) is 0 Å². The molecule has 0 saturated carbocycles. The van der Waals surface area contributed by atoms with E-state index in [2.05, 4.69) is 59.3 Å². The summed E-state index contributed by atoms with van der Waals surface area (Å²) in [4.78, 5) is 20.1. The van der Waals surface area contributed by atoms with Crippen LogP contribution in [0.3, 0.4) is 0 Å². The Labute approximate surface area is 262 Å². The molecular weight excluding hydrogens is 593 g/mol. The lowest BCUT2D eigenvalue weighted by molar-refractivity contribution is 0.585. The fourth-order valence-corrected chi connectivity index (χ4v) is 7.77. The Bertz CT molecular complexity index is 2280. The zero-order valence-electron chi connectivity index (χ0n) is 23.0. The number of rotatable bonds is 4. The van der Waals surface area contributed by atoms with E-state index in [4.69, 9.17) is 28.2 Å². The molecule has 1 aliphatic carbocycles. The van der Waals surface area contributed by atoms with Gasteiger partial charge in [0, 0.05) is 34.8 Å². The molecule has 4 nitrogen and oxygen atoms in total. The van der Waals surface area contributed by atoms with Crippen molar-refractivity contribution in [2.45, 2.75) is 25.4 Å². The molecule has 0 N–H and O–H groups in total. The van der Waals surface area contributed by atoms with Gasteiger partial charge < -0.3 is 4.57 Å². The van der Waals surface area contributed by atoms with Crippen LogP contribution in [0.15, 0.2) is 119 Å². The average Bonchev–Trinajstić information content (AvgIpc) is 3.54. The summed E-state index contributed by atoms with van der Waals surface area (Å²) in [5, 5.41) is 2.16. The quantitative estimate of drug-likeness (QED) is 0.200. The molecule has 7 heteroatoms. The predicted octanol–water partition coefficient (Wildman–Crippen LogP) is 7.63. The van der Waals surface area contributed by atoms with E-state index in [9.17, 15) is 4.79 Å². The summed E-state index contributed by atoms with van der Waals surface area (Å²) in [6.45, 7) is 0.632. The van der Waals surface area contributed by atoms with E-state index < -0.39 is 0 Å². The molecule has 43 heavy (non-hydrogen) atoms. The third-order valence-electron chi connectivity index (χ3n) is 8.43. The van der Waals surface area contributed by atoms with Gasteiger partial charge in [0.05, 0.1) is 26.3 Å². The van der Waals surface area contributed by atoms with Crippen LogP contribution >= 0.6 is 34.5 Å². The molecule has 3 heterocycles. The number of benzene rings is 4. The Morgan fingerprint density at radius 1 is 0.884 bits per heavy atom. The molecule has 2 aliphatic rings. The van der Waals surface area contributed by atoms with Crippen molar-refractivity contribution in [2.24, 2.45) is 4.99 Å². The van der Waals surface area contributed by atoms with E-state index in [-0.39, 0.29) is 11.6 Å². The van der Waals surface area contributed by atoms with Crippen molar-refractivity contribution < 1.29 is 0 Å². The molecule has 0 radical (unpaired) electrons. The van der Waals surface area contributed by atoms with Gasteiger partial charge in [0.25, 0.3) is 5.56 Å². The van der Waals surface area contributed by atoms with E-state index in [1.165, 1.54) is 28.0 Å². The number of fused-ring (bicyclic) bond motifs is 4. The Hall–Kier alpha value is -4.16. The highest BCUT2D eigenvalue weighted by Gasteiger charge is 2.32. The van der Waals surface area contributed by atoms with Crippen molar-refractivity contribution in [1.82, 2.24) is 9.13 Å². The number of allylic oxidation sites excluding steroid dienone is 1. The highest BCUT2D eigenvalue weighted by atomic mass is 35.5. The van der Waals surface area contributed by atoms with E-state index in [1.54, 1.807) is 0 Å². The van der Waals surface area contributed by atoms with Gasteiger partial charge in [-0.2, -0.15) is 0 Å². The Balaban J connectivity index is 1.30. The van der Waals surface area contributed by atoms with Crippen molar-refractivity contribution >= 4 is 57.2 Å². The second-order valence-corrected chi connectivity index (χ2v) is 12.8. The predicted molar refractivity (Wildman–Crippen MR) is 177 cm³/mol. The second kappa shape index (κ2) is 10.5. The largest absolute Gasteiger partial charge is 0.342 e. The molecule has 0 spiro atoms. The maximum absolute atomic E-state index is 14.3. The molecule has 0 unspecified atom stereocenters. The lowest BCUT2D eigenvalue weighted by atomic mass is 9.83. The third kappa shape index (κ3) is 4.51. The molecule has 0 fully saturated rings.